The van der Waals surface area contributed by atoms with Crippen LogP contribution in [0, 0.1) is 6.92 Å². The van der Waals surface area contributed by atoms with E-state index in [1.54, 1.807) is 0 Å². The summed E-state index contributed by atoms with van der Waals surface area (Å²) in [5.41, 5.74) is 2.31. The van der Waals surface area contributed by atoms with E-state index in [0.717, 1.165) is 31.5 Å². The van der Waals surface area contributed by atoms with Crippen LogP contribution in [0.1, 0.15) is 24.0 Å². The summed E-state index contributed by atoms with van der Waals surface area (Å²) < 4.78 is 5.75. The first-order chi connectivity index (χ1) is 12.1. The SMILES string of the molecule is Cc1cccc(CN2C(=O)CO[C@@H]3CN(C(=O)N4CCCC4)C[C@H]32)c1. The lowest BCUT2D eigenvalue weighted by atomic mass is 10.1. The lowest BCUT2D eigenvalue weighted by Gasteiger charge is -2.36. The number of benzene rings is 1. The minimum atomic E-state index is -0.0749. The summed E-state index contributed by atoms with van der Waals surface area (Å²) in [6.07, 6.45) is 2.09. The number of amides is 3. The zero-order valence-corrected chi connectivity index (χ0v) is 14.7. The van der Waals surface area contributed by atoms with E-state index < -0.39 is 0 Å². The van der Waals surface area contributed by atoms with Crippen LogP contribution in [0.15, 0.2) is 24.3 Å². The van der Waals surface area contributed by atoms with Gasteiger partial charge in [0.2, 0.25) is 5.91 Å². The molecular formula is C19H25N3O3. The second-order valence-electron chi connectivity index (χ2n) is 7.31. The summed E-state index contributed by atoms with van der Waals surface area (Å²) in [6.45, 7) is 5.58. The van der Waals surface area contributed by atoms with Gasteiger partial charge in [-0.25, -0.2) is 4.79 Å². The number of nitrogens with zero attached hydrogens (tertiary/aromatic N) is 3. The lowest BCUT2D eigenvalue weighted by Crippen LogP contribution is -2.53. The highest BCUT2D eigenvalue weighted by Gasteiger charge is 2.45. The Morgan fingerprint density at radius 1 is 1.20 bits per heavy atom. The second-order valence-corrected chi connectivity index (χ2v) is 7.31. The van der Waals surface area contributed by atoms with Gasteiger partial charge in [-0.2, -0.15) is 0 Å². The number of likely N-dealkylation sites (tertiary alicyclic amines) is 2. The maximum atomic E-state index is 12.7. The molecule has 3 saturated heterocycles. The van der Waals surface area contributed by atoms with Crippen molar-refractivity contribution in [3.63, 3.8) is 0 Å². The largest absolute Gasteiger partial charge is 0.364 e. The van der Waals surface area contributed by atoms with Crippen LogP contribution in [-0.2, 0) is 16.1 Å². The molecule has 0 spiro atoms. The molecule has 0 aromatic heterocycles. The maximum absolute atomic E-state index is 12.7. The Kier molecular flexibility index (Phi) is 4.37. The molecule has 3 amide bonds. The quantitative estimate of drug-likeness (QED) is 0.820. The molecule has 3 fully saturated rings. The summed E-state index contributed by atoms with van der Waals surface area (Å²) in [5.74, 6) is 0.0122. The molecule has 0 N–H and O–H groups in total. The lowest BCUT2D eigenvalue weighted by molar-refractivity contribution is -0.153. The van der Waals surface area contributed by atoms with Gasteiger partial charge in [0.25, 0.3) is 0 Å². The fourth-order valence-corrected chi connectivity index (χ4v) is 4.14. The first-order valence-electron chi connectivity index (χ1n) is 9.12. The molecule has 134 valence electrons. The topological polar surface area (TPSA) is 53.1 Å². The Balaban J connectivity index is 1.48. The van der Waals surface area contributed by atoms with Gasteiger partial charge in [-0.15, -0.1) is 0 Å². The predicted octanol–water partition coefficient (Wildman–Crippen LogP) is 1.62. The van der Waals surface area contributed by atoms with Gasteiger partial charge in [-0.1, -0.05) is 29.8 Å². The van der Waals surface area contributed by atoms with Crippen molar-refractivity contribution in [3.8, 4) is 0 Å². The number of ether oxygens (including phenoxy) is 1. The molecule has 4 rings (SSSR count). The highest BCUT2D eigenvalue weighted by molar-refractivity contribution is 5.80. The Hall–Kier alpha value is -2.08. The van der Waals surface area contributed by atoms with Gasteiger partial charge in [0.15, 0.2) is 0 Å². The van der Waals surface area contributed by atoms with Crippen LogP contribution in [-0.4, -0.2) is 71.6 Å². The fraction of sp³-hybridized carbons (Fsp3) is 0.579. The molecule has 0 unspecified atom stereocenters. The molecule has 6 nitrogen and oxygen atoms in total. The van der Waals surface area contributed by atoms with Gasteiger partial charge in [0, 0.05) is 26.2 Å². The number of carbonyl (C=O) groups is 2. The van der Waals surface area contributed by atoms with E-state index in [2.05, 4.69) is 19.1 Å². The normalized spacial score (nSPS) is 26.3. The summed E-state index contributed by atoms with van der Waals surface area (Å²) in [6, 6.07) is 8.28. The number of hydrogen-bond donors (Lipinski definition) is 0. The van der Waals surface area contributed by atoms with Crippen molar-refractivity contribution in [2.45, 2.75) is 38.5 Å². The summed E-state index contributed by atoms with van der Waals surface area (Å²) in [7, 11) is 0. The molecule has 2 atom stereocenters. The van der Waals surface area contributed by atoms with Crippen LogP contribution in [0.5, 0.6) is 0 Å². The molecule has 3 aliphatic heterocycles. The number of fused-ring (bicyclic) bond motifs is 1. The second kappa shape index (κ2) is 6.67. The minimum Gasteiger partial charge on any atom is -0.364 e. The van der Waals surface area contributed by atoms with Crippen molar-refractivity contribution in [3.05, 3.63) is 35.4 Å². The summed E-state index contributed by atoms with van der Waals surface area (Å²) in [5, 5.41) is 0. The third-order valence-corrected chi connectivity index (χ3v) is 5.46. The van der Waals surface area contributed by atoms with Gasteiger partial charge < -0.3 is 19.4 Å². The Morgan fingerprint density at radius 2 is 2.00 bits per heavy atom. The van der Waals surface area contributed by atoms with Gasteiger partial charge in [-0.05, 0) is 25.3 Å². The number of urea groups is 1. The molecule has 0 saturated carbocycles. The molecule has 3 heterocycles. The van der Waals surface area contributed by atoms with Gasteiger partial charge >= 0.3 is 6.03 Å². The van der Waals surface area contributed by atoms with Gasteiger partial charge in [0.1, 0.15) is 6.61 Å². The molecule has 0 bridgehead atoms. The molecule has 3 aliphatic rings. The van der Waals surface area contributed by atoms with Crippen molar-refractivity contribution < 1.29 is 14.3 Å². The smallest absolute Gasteiger partial charge is 0.320 e. The van der Waals surface area contributed by atoms with Crippen molar-refractivity contribution in [2.75, 3.05) is 32.8 Å². The van der Waals surface area contributed by atoms with Crippen LogP contribution < -0.4 is 0 Å². The van der Waals surface area contributed by atoms with E-state index in [9.17, 15) is 9.59 Å². The number of rotatable bonds is 2. The first kappa shape index (κ1) is 16.4. The van der Waals surface area contributed by atoms with Gasteiger partial charge in [-0.3, -0.25) is 4.79 Å². The van der Waals surface area contributed by atoms with E-state index in [1.807, 2.05) is 26.8 Å². The molecule has 25 heavy (non-hydrogen) atoms. The Bertz CT molecular complexity index is 672. The van der Waals surface area contributed by atoms with Crippen molar-refractivity contribution in [2.24, 2.45) is 0 Å². The number of morpholine rings is 1. The Labute approximate surface area is 148 Å². The fourth-order valence-electron chi connectivity index (χ4n) is 4.14. The van der Waals surface area contributed by atoms with Crippen LogP contribution in [0.25, 0.3) is 0 Å². The van der Waals surface area contributed by atoms with Crippen molar-refractivity contribution in [1.29, 1.82) is 0 Å². The molecule has 1 aromatic carbocycles. The van der Waals surface area contributed by atoms with Crippen LogP contribution in [0.4, 0.5) is 4.79 Å². The Morgan fingerprint density at radius 3 is 2.76 bits per heavy atom. The first-order valence-corrected chi connectivity index (χ1v) is 9.12. The zero-order chi connectivity index (χ0) is 17.4. The van der Waals surface area contributed by atoms with Crippen LogP contribution in [0.3, 0.4) is 0 Å². The van der Waals surface area contributed by atoms with E-state index in [1.165, 1.54) is 5.56 Å². The molecule has 0 aliphatic carbocycles. The number of hydrogen-bond acceptors (Lipinski definition) is 3. The molecule has 6 heteroatoms. The van der Waals surface area contributed by atoms with Crippen LogP contribution >= 0.6 is 0 Å². The van der Waals surface area contributed by atoms with Crippen molar-refractivity contribution >= 4 is 11.9 Å². The van der Waals surface area contributed by atoms with Gasteiger partial charge in [0.05, 0.1) is 18.7 Å². The number of aryl methyl sites for hydroxylation is 1. The molecule has 0 radical (unpaired) electrons. The highest BCUT2D eigenvalue weighted by atomic mass is 16.5. The van der Waals surface area contributed by atoms with E-state index in [4.69, 9.17) is 4.74 Å². The van der Waals surface area contributed by atoms with Crippen LogP contribution in [0.2, 0.25) is 0 Å². The van der Waals surface area contributed by atoms with E-state index in [-0.39, 0.29) is 30.7 Å². The molecular weight excluding hydrogens is 318 g/mol. The summed E-state index contributed by atoms with van der Waals surface area (Å²) >= 11 is 0. The predicted molar refractivity (Wildman–Crippen MR) is 93.0 cm³/mol. The minimum absolute atomic E-state index is 0.0122. The van der Waals surface area contributed by atoms with Crippen molar-refractivity contribution in [1.82, 2.24) is 14.7 Å². The third-order valence-electron chi connectivity index (χ3n) is 5.46. The average Bonchev–Trinajstić information content (AvgIpc) is 3.26. The zero-order valence-electron chi connectivity index (χ0n) is 14.7. The highest BCUT2D eigenvalue weighted by Crippen LogP contribution is 2.27. The van der Waals surface area contributed by atoms with E-state index >= 15 is 0 Å². The standard InChI is InChI=1S/C19H25N3O3/c1-14-5-4-6-15(9-14)10-22-16-11-21(12-17(16)25-13-18(22)23)19(24)20-7-2-3-8-20/h4-6,9,16-17H,2-3,7-8,10-13H2,1H3/t16-,17-/m1/s1. The average molecular weight is 343 g/mol. The van der Waals surface area contributed by atoms with E-state index in [0.29, 0.717) is 19.6 Å². The number of carbonyl (C=O) groups excluding carboxylic acids is 2. The maximum Gasteiger partial charge on any atom is 0.320 e. The monoisotopic (exact) mass is 343 g/mol. The summed E-state index contributed by atoms with van der Waals surface area (Å²) in [4.78, 5) is 30.8. The third kappa shape index (κ3) is 3.23. The molecule has 1 aromatic rings.